The van der Waals surface area contributed by atoms with E-state index in [0.29, 0.717) is 12.2 Å². The molecule has 1 aromatic rings. The van der Waals surface area contributed by atoms with Crippen LogP contribution in [0.2, 0.25) is 0 Å². The van der Waals surface area contributed by atoms with Crippen molar-refractivity contribution in [3.8, 4) is 0 Å². The largest absolute Gasteiger partial charge is 0.324 e. The van der Waals surface area contributed by atoms with Crippen molar-refractivity contribution in [1.29, 1.82) is 0 Å². The van der Waals surface area contributed by atoms with Gasteiger partial charge in [0.15, 0.2) is 6.29 Å². The van der Waals surface area contributed by atoms with E-state index >= 15 is 0 Å². The molecule has 0 aliphatic heterocycles. The lowest BCUT2D eigenvalue weighted by Gasteiger charge is -2.04. The topological polar surface area (TPSA) is 34.9 Å². The smallest absolute Gasteiger partial charge is 0.168 e. The first-order chi connectivity index (χ1) is 9.17. The molecule has 1 rings (SSSR count). The summed E-state index contributed by atoms with van der Waals surface area (Å²) in [7, 11) is 0. The van der Waals surface area contributed by atoms with Gasteiger partial charge in [-0.2, -0.15) is 0 Å². The number of aldehydes is 1. The van der Waals surface area contributed by atoms with Crippen molar-refractivity contribution in [2.75, 3.05) is 0 Å². The van der Waals surface area contributed by atoms with Gasteiger partial charge in [-0.05, 0) is 25.5 Å². The normalized spacial score (nSPS) is 10.9. The molecule has 0 bridgehead atoms. The van der Waals surface area contributed by atoms with Crippen molar-refractivity contribution < 1.29 is 9.18 Å². The fourth-order valence-corrected chi connectivity index (χ4v) is 1.23. The predicted octanol–water partition coefficient (Wildman–Crippen LogP) is 4.57. The molecule has 0 spiro atoms. The first kappa shape index (κ1) is 19.6. The van der Waals surface area contributed by atoms with E-state index in [2.05, 4.69) is 4.98 Å². The van der Waals surface area contributed by atoms with Gasteiger partial charge in [-0.1, -0.05) is 33.8 Å². The van der Waals surface area contributed by atoms with Crippen LogP contribution >= 0.6 is 0 Å². The molecule has 3 nitrogen and oxygen atoms in total. The molecule has 0 atom stereocenters. The van der Waals surface area contributed by atoms with E-state index in [9.17, 15) is 9.18 Å². The molecular formula is C15H25FN2O. The van der Waals surface area contributed by atoms with Gasteiger partial charge in [0.25, 0.3) is 0 Å². The summed E-state index contributed by atoms with van der Waals surface area (Å²) in [4.78, 5) is 14.5. The zero-order valence-electron chi connectivity index (χ0n) is 12.8. The number of rotatable bonds is 4. The Bertz CT molecular complexity index is 402. The van der Waals surface area contributed by atoms with Crippen molar-refractivity contribution in [3.05, 3.63) is 41.8 Å². The second-order valence-corrected chi connectivity index (χ2v) is 3.16. The summed E-state index contributed by atoms with van der Waals surface area (Å²) in [6.07, 6.45) is 7.00. The second-order valence-electron chi connectivity index (χ2n) is 3.16. The maximum Gasteiger partial charge on any atom is 0.168 e. The average molecular weight is 268 g/mol. The molecule has 0 amide bonds. The van der Waals surface area contributed by atoms with Gasteiger partial charge >= 0.3 is 0 Å². The minimum absolute atomic E-state index is 0.254. The molecule has 0 aliphatic rings. The lowest BCUT2D eigenvalue weighted by atomic mass is 10.2. The molecule has 0 saturated carbocycles. The summed E-state index contributed by atoms with van der Waals surface area (Å²) in [6, 6.07) is 0. The first-order valence-corrected chi connectivity index (χ1v) is 6.61. The van der Waals surface area contributed by atoms with Gasteiger partial charge in [-0.25, -0.2) is 9.37 Å². The predicted molar refractivity (Wildman–Crippen MR) is 78.9 cm³/mol. The van der Waals surface area contributed by atoms with E-state index in [1.54, 1.807) is 17.0 Å². The molecule has 0 saturated heterocycles. The van der Waals surface area contributed by atoms with Crippen LogP contribution < -0.4 is 0 Å². The summed E-state index contributed by atoms with van der Waals surface area (Å²) in [5.41, 5.74) is 1.29. The van der Waals surface area contributed by atoms with Crippen molar-refractivity contribution in [2.45, 2.75) is 48.1 Å². The minimum Gasteiger partial charge on any atom is -0.324 e. The van der Waals surface area contributed by atoms with Gasteiger partial charge in [0.2, 0.25) is 0 Å². The summed E-state index contributed by atoms with van der Waals surface area (Å²) in [6.45, 7) is 11.7. The summed E-state index contributed by atoms with van der Waals surface area (Å²) in [5, 5.41) is 0. The third kappa shape index (κ3) is 8.08. The third-order valence-corrected chi connectivity index (χ3v) is 1.97. The average Bonchev–Trinajstić information content (AvgIpc) is 2.89. The molecule has 0 unspecified atom stereocenters. The zero-order valence-corrected chi connectivity index (χ0v) is 12.8. The summed E-state index contributed by atoms with van der Waals surface area (Å²) >= 11 is 0. The van der Waals surface area contributed by atoms with Crippen molar-refractivity contribution in [2.24, 2.45) is 0 Å². The van der Waals surface area contributed by atoms with Crippen LogP contribution in [0.15, 0.2) is 36.1 Å². The van der Waals surface area contributed by atoms with Crippen molar-refractivity contribution in [1.82, 2.24) is 9.55 Å². The highest BCUT2D eigenvalue weighted by Crippen LogP contribution is 2.08. The van der Waals surface area contributed by atoms with E-state index in [-0.39, 0.29) is 5.83 Å². The van der Waals surface area contributed by atoms with E-state index in [0.717, 1.165) is 11.9 Å². The van der Waals surface area contributed by atoms with Crippen LogP contribution in [0.4, 0.5) is 4.39 Å². The standard InChI is InChI=1S/C11H13FN2O.2C2H6/c1-3-10(4-9(2)12)6-14-8-13-5-11(14)7-15;2*1-2/h3-5,7-8H,6H2,1-2H3;2*1-2H3/b9-4+,10-3+;;. The number of allylic oxidation sites excluding steroid dienone is 4. The van der Waals surface area contributed by atoms with Crippen LogP contribution in [0.25, 0.3) is 0 Å². The Morgan fingerprint density at radius 3 is 2.37 bits per heavy atom. The van der Waals surface area contributed by atoms with Crippen LogP contribution in [0.3, 0.4) is 0 Å². The van der Waals surface area contributed by atoms with E-state index in [1.807, 2.05) is 34.6 Å². The fourth-order valence-electron chi connectivity index (χ4n) is 1.23. The Balaban J connectivity index is 0. The number of nitrogens with zero attached hydrogens (tertiary/aromatic N) is 2. The molecule has 0 radical (unpaired) electrons. The van der Waals surface area contributed by atoms with Gasteiger partial charge in [0, 0.05) is 6.54 Å². The highest BCUT2D eigenvalue weighted by molar-refractivity contribution is 5.71. The molecule has 108 valence electrons. The van der Waals surface area contributed by atoms with E-state index in [4.69, 9.17) is 0 Å². The lowest BCUT2D eigenvalue weighted by Crippen LogP contribution is -2.02. The molecule has 0 fully saturated rings. The Labute approximate surface area is 115 Å². The summed E-state index contributed by atoms with van der Waals surface area (Å²) in [5.74, 6) is -0.254. The van der Waals surface area contributed by atoms with Crippen LogP contribution in [0.1, 0.15) is 52.0 Å². The highest BCUT2D eigenvalue weighted by atomic mass is 19.1. The number of carbonyl (C=O) groups excluding carboxylic acids is 1. The number of hydrogen-bond donors (Lipinski definition) is 0. The molecular weight excluding hydrogens is 243 g/mol. The fraction of sp³-hybridized carbons (Fsp3) is 0.467. The van der Waals surface area contributed by atoms with Gasteiger partial charge in [-0.3, -0.25) is 4.79 Å². The summed E-state index contributed by atoms with van der Waals surface area (Å²) < 4.78 is 14.3. The Morgan fingerprint density at radius 2 is 1.95 bits per heavy atom. The van der Waals surface area contributed by atoms with Gasteiger partial charge in [0.1, 0.15) is 5.69 Å². The van der Waals surface area contributed by atoms with Crippen LogP contribution in [-0.4, -0.2) is 15.8 Å². The van der Waals surface area contributed by atoms with Gasteiger partial charge in [0.05, 0.1) is 18.4 Å². The molecule has 0 aromatic carbocycles. The quantitative estimate of drug-likeness (QED) is 0.592. The van der Waals surface area contributed by atoms with E-state index < -0.39 is 0 Å². The van der Waals surface area contributed by atoms with Crippen molar-refractivity contribution in [3.63, 3.8) is 0 Å². The number of aromatic nitrogens is 2. The van der Waals surface area contributed by atoms with Crippen LogP contribution in [0.5, 0.6) is 0 Å². The first-order valence-electron chi connectivity index (χ1n) is 6.61. The lowest BCUT2D eigenvalue weighted by molar-refractivity contribution is 0.111. The molecule has 1 heterocycles. The maximum absolute atomic E-state index is 12.7. The number of carbonyl (C=O) groups is 1. The van der Waals surface area contributed by atoms with Gasteiger partial charge in [-0.15, -0.1) is 0 Å². The van der Waals surface area contributed by atoms with Crippen molar-refractivity contribution >= 4 is 6.29 Å². The minimum atomic E-state index is -0.254. The Morgan fingerprint density at radius 1 is 1.37 bits per heavy atom. The molecule has 1 aromatic heterocycles. The van der Waals surface area contributed by atoms with Crippen LogP contribution in [-0.2, 0) is 6.54 Å². The second kappa shape index (κ2) is 12.7. The molecule has 19 heavy (non-hydrogen) atoms. The molecule has 0 aliphatic carbocycles. The Hall–Kier alpha value is -1.71. The molecule has 0 N–H and O–H groups in total. The maximum atomic E-state index is 12.7. The number of imidazole rings is 1. The zero-order chi connectivity index (χ0) is 15.3. The van der Waals surface area contributed by atoms with Gasteiger partial charge < -0.3 is 4.57 Å². The van der Waals surface area contributed by atoms with Crippen LogP contribution in [0, 0.1) is 0 Å². The third-order valence-electron chi connectivity index (χ3n) is 1.97. The highest BCUT2D eigenvalue weighted by Gasteiger charge is 2.01. The monoisotopic (exact) mass is 268 g/mol. The molecule has 4 heteroatoms. The number of halogens is 1. The number of hydrogen-bond acceptors (Lipinski definition) is 2. The van der Waals surface area contributed by atoms with E-state index in [1.165, 1.54) is 19.2 Å². The Kier molecular flexibility index (Phi) is 13.2. The SMILES string of the molecule is C/C=C(\C=C(/C)F)Cn1cncc1C=O.CC.CC.